The number of carbonyl (C=O) groups is 2. The highest BCUT2D eigenvalue weighted by Gasteiger charge is 2.28. The van der Waals surface area contributed by atoms with E-state index in [1.54, 1.807) is 21.3 Å². The number of methoxy groups -OCH3 is 2. The second kappa shape index (κ2) is 11.2. The van der Waals surface area contributed by atoms with Crippen LogP contribution in [0.2, 0.25) is 0 Å². The molecule has 36 heavy (non-hydrogen) atoms. The maximum atomic E-state index is 13.0. The number of hydrogen-bond donors (Lipinski definition) is 1. The van der Waals surface area contributed by atoms with Crippen molar-refractivity contribution in [2.45, 2.75) is 38.1 Å². The zero-order chi connectivity index (χ0) is 25.8. The van der Waals surface area contributed by atoms with Crippen molar-refractivity contribution in [2.75, 3.05) is 54.5 Å². The summed E-state index contributed by atoms with van der Waals surface area (Å²) in [5.41, 5.74) is 6.10. The second-order valence-electron chi connectivity index (χ2n) is 9.94. The molecule has 1 aliphatic carbocycles. The van der Waals surface area contributed by atoms with E-state index in [0.29, 0.717) is 32.0 Å². The second-order valence-corrected chi connectivity index (χ2v) is 9.94. The van der Waals surface area contributed by atoms with Gasteiger partial charge in [-0.25, -0.2) is 4.79 Å². The first kappa shape index (κ1) is 25.8. The van der Waals surface area contributed by atoms with Gasteiger partial charge >= 0.3 is 6.09 Å². The van der Waals surface area contributed by atoms with Crippen LogP contribution < -0.4 is 9.47 Å². The molecule has 2 aromatic carbocycles. The zero-order valence-electron chi connectivity index (χ0n) is 21.7. The average Bonchev–Trinajstić information content (AvgIpc) is 3.07. The monoisotopic (exact) mass is 495 g/mol. The maximum absolute atomic E-state index is 13.0. The molecule has 0 saturated heterocycles. The van der Waals surface area contributed by atoms with Crippen LogP contribution in [0.25, 0.3) is 0 Å². The molecule has 2 amide bonds. The third-order valence-corrected chi connectivity index (χ3v) is 7.46. The minimum absolute atomic E-state index is 0.196. The van der Waals surface area contributed by atoms with Crippen molar-refractivity contribution in [2.24, 2.45) is 0 Å². The van der Waals surface area contributed by atoms with Gasteiger partial charge in [0, 0.05) is 52.1 Å². The summed E-state index contributed by atoms with van der Waals surface area (Å²) in [5.74, 6) is 2.09. The number of carboxylic acid groups (broad SMARTS) is 1. The Bertz CT molecular complexity index is 1080. The summed E-state index contributed by atoms with van der Waals surface area (Å²) in [6.45, 7) is 3.43. The van der Waals surface area contributed by atoms with Gasteiger partial charge in [-0.1, -0.05) is 18.2 Å². The predicted octanol–water partition coefficient (Wildman–Crippen LogP) is 3.40. The van der Waals surface area contributed by atoms with Crippen molar-refractivity contribution in [3.8, 4) is 11.5 Å². The van der Waals surface area contributed by atoms with Gasteiger partial charge < -0.3 is 29.3 Å². The Morgan fingerprint density at radius 2 is 1.64 bits per heavy atom. The van der Waals surface area contributed by atoms with E-state index in [2.05, 4.69) is 24.1 Å². The molecule has 0 bridgehead atoms. The molecule has 0 spiro atoms. The number of hydrogen-bond acceptors (Lipinski definition) is 5. The van der Waals surface area contributed by atoms with E-state index in [1.165, 1.54) is 27.2 Å². The third kappa shape index (κ3) is 5.75. The summed E-state index contributed by atoms with van der Waals surface area (Å²) in [4.78, 5) is 29.7. The number of rotatable bonds is 9. The van der Waals surface area contributed by atoms with E-state index >= 15 is 0 Å². The van der Waals surface area contributed by atoms with Gasteiger partial charge in [0.1, 0.15) is 0 Å². The largest absolute Gasteiger partial charge is 0.493 e. The number of amides is 2. The smallest absolute Gasteiger partial charge is 0.407 e. The van der Waals surface area contributed by atoms with E-state index in [0.717, 1.165) is 49.4 Å². The van der Waals surface area contributed by atoms with Crippen molar-refractivity contribution in [1.29, 1.82) is 0 Å². The number of likely N-dealkylation sites (N-methyl/N-ethyl adjacent to an activating group) is 1. The molecule has 2 aliphatic rings. The lowest BCUT2D eigenvalue weighted by atomic mass is 9.76. The molecule has 0 fully saturated rings. The van der Waals surface area contributed by atoms with Crippen molar-refractivity contribution < 1.29 is 24.2 Å². The number of carbonyl (C=O) groups excluding carboxylic acids is 1. The first-order valence-corrected chi connectivity index (χ1v) is 12.5. The standard InChI is InChI=1S/C28H37N3O5/c1-29(18-23-14-22-6-5-19(13-24(22)23)17-30(2)28(33)34)10-9-27(32)31-11-7-20-15-25(35-3)26(36-4)16-21(20)8-12-31/h5-6,13,15-16,23H,7-12,14,17-18H2,1-4H3,(H,33,34). The lowest BCUT2D eigenvalue weighted by Crippen LogP contribution is -2.37. The Hall–Kier alpha value is -3.26. The van der Waals surface area contributed by atoms with Crippen molar-refractivity contribution >= 4 is 12.0 Å². The van der Waals surface area contributed by atoms with E-state index in [4.69, 9.17) is 14.6 Å². The Balaban J connectivity index is 1.27. The van der Waals surface area contributed by atoms with Crippen molar-refractivity contribution in [1.82, 2.24) is 14.7 Å². The highest BCUT2D eigenvalue weighted by molar-refractivity contribution is 5.76. The number of nitrogens with zero attached hydrogens (tertiary/aromatic N) is 3. The first-order valence-electron chi connectivity index (χ1n) is 12.5. The molecular weight excluding hydrogens is 458 g/mol. The summed E-state index contributed by atoms with van der Waals surface area (Å²) >= 11 is 0. The Labute approximate surface area is 213 Å². The first-order chi connectivity index (χ1) is 17.3. The summed E-state index contributed by atoms with van der Waals surface area (Å²) in [6, 6.07) is 10.3. The molecule has 0 aromatic heterocycles. The van der Waals surface area contributed by atoms with E-state index in [-0.39, 0.29) is 5.91 Å². The molecule has 1 heterocycles. The average molecular weight is 496 g/mol. The van der Waals surface area contributed by atoms with Gasteiger partial charge in [-0.05, 0) is 66.3 Å². The molecule has 1 unspecified atom stereocenters. The Kier molecular flexibility index (Phi) is 8.04. The van der Waals surface area contributed by atoms with E-state index in [9.17, 15) is 9.59 Å². The Morgan fingerprint density at radius 1 is 1.00 bits per heavy atom. The fraction of sp³-hybridized carbons (Fsp3) is 0.500. The quantitative estimate of drug-likeness (QED) is 0.574. The zero-order valence-corrected chi connectivity index (χ0v) is 21.7. The van der Waals surface area contributed by atoms with Crippen LogP contribution in [0.4, 0.5) is 4.79 Å². The van der Waals surface area contributed by atoms with Crippen LogP contribution in [-0.4, -0.2) is 86.3 Å². The third-order valence-electron chi connectivity index (χ3n) is 7.46. The van der Waals surface area contributed by atoms with Crippen LogP contribution in [-0.2, 0) is 30.6 Å². The van der Waals surface area contributed by atoms with Gasteiger partial charge in [-0.3, -0.25) is 4.79 Å². The van der Waals surface area contributed by atoms with Crippen molar-refractivity contribution in [3.63, 3.8) is 0 Å². The molecule has 0 radical (unpaired) electrons. The summed E-state index contributed by atoms with van der Waals surface area (Å²) in [6.07, 6.45) is 2.24. The number of benzene rings is 2. The fourth-order valence-electron chi connectivity index (χ4n) is 5.27. The van der Waals surface area contributed by atoms with Crippen LogP contribution in [0.15, 0.2) is 30.3 Å². The topological polar surface area (TPSA) is 82.6 Å². The molecule has 0 saturated carbocycles. The summed E-state index contributed by atoms with van der Waals surface area (Å²) in [7, 11) is 6.95. The molecule has 2 aromatic rings. The maximum Gasteiger partial charge on any atom is 0.407 e. The highest BCUT2D eigenvalue weighted by atomic mass is 16.5. The van der Waals surface area contributed by atoms with Crippen LogP contribution in [0.3, 0.4) is 0 Å². The van der Waals surface area contributed by atoms with Gasteiger partial charge in [0.15, 0.2) is 11.5 Å². The van der Waals surface area contributed by atoms with Gasteiger partial charge in [0.25, 0.3) is 0 Å². The van der Waals surface area contributed by atoms with E-state index < -0.39 is 6.09 Å². The fourth-order valence-corrected chi connectivity index (χ4v) is 5.27. The normalized spacial score (nSPS) is 16.5. The molecule has 1 aliphatic heterocycles. The minimum atomic E-state index is -0.925. The molecule has 8 nitrogen and oxygen atoms in total. The molecule has 8 heteroatoms. The van der Waals surface area contributed by atoms with E-state index in [1.807, 2.05) is 23.1 Å². The van der Waals surface area contributed by atoms with Gasteiger partial charge in [0.05, 0.1) is 14.2 Å². The van der Waals surface area contributed by atoms with Crippen LogP contribution in [0.5, 0.6) is 11.5 Å². The highest BCUT2D eigenvalue weighted by Crippen LogP contribution is 2.36. The van der Waals surface area contributed by atoms with Gasteiger partial charge in [0.2, 0.25) is 5.91 Å². The van der Waals surface area contributed by atoms with Crippen LogP contribution >= 0.6 is 0 Å². The Morgan fingerprint density at radius 3 is 2.22 bits per heavy atom. The predicted molar refractivity (Wildman–Crippen MR) is 138 cm³/mol. The molecule has 4 rings (SSSR count). The lowest BCUT2D eigenvalue weighted by Gasteiger charge is -2.34. The summed E-state index contributed by atoms with van der Waals surface area (Å²) in [5, 5.41) is 9.13. The van der Waals surface area contributed by atoms with Crippen LogP contribution in [0.1, 0.15) is 40.2 Å². The number of ether oxygens (including phenoxy) is 2. The minimum Gasteiger partial charge on any atom is -0.493 e. The SMILES string of the molecule is COc1cc2c(cc1OC)CCN(C(=O)CCN(C)CC1Cc3ccc(CN(C)C(=O)O)cc31)CC2. The molecular formula is C28H37N3O5. The summed E-state index contributed by atoms with van der Waals surface area (Å²) < 4.78 is 10.9. The molecule has 1 N–H and O–H groups in total. The van der Waals surface area contributed by atoms with Gasteiger partial charge in [-0.15, -0.1) is 0 Å². The molecule has 194 valence electrons. The number of fused-ring (bicyclic) bond motifs is 2. The van der Waals surface area contributed by atoms with Gasteiger partial charge in [-0.2, -0.15) is 0 Å². The van der Waals surface area contributed by atoms with Crippen LogP contribution in [0, 0.1) is 0 Å². The van der Waals surface area contributed by atoms with Crippen molar-refractivity contribution in [3.05, 3.63) is 58.1 Å². The molecule has 1 atom stereocenters. The lowest BCUT2D eigenvalue weighted by molar-refractivity contribution is -0.131.